The first-order valence-electron chi connectivity index (χ1n) is 9.47. The van der Waals surface area contributed by atoms with Gasteiger partial charge in [0.15, 0.2) is 0 Å². The summed E-state index contributed by atoms with van der Waals surface area (Å²) < 4.78 is 3.47. The Morgan fingerprint density at radius 1 is 0.964 bits per heavy atom. The minimum atomic E-state index is -0.0674. The molecular weight excluding hydrogens is 352 g/mol. The molecule has 7 heteroatoms. The van der Waals surface area contributed by atoms with Gasteiger partial charge in [-0.05, 0) is 31.3 Å². The normalized spacial score (nSPS) is 15.6. The van der Waals surface area contributed by atoms with Crippen molar-refractivity contribution in [3.63, 3.8) is 0 Å². The second-order valence-corrected chi connectivity index (χ2v) is 7.43. The zero-order valence-electron chi connectivity index (χ0n) is 16.0. The number of hydrogen-bond acceptors (Lipinski definition) is 5. The number of piperazine rings is 1. The highest BCUT2D eigenvalue weighted by atomic mass is 16.1. The molecule has 0 N–H and O–H groups in total. The molecule has 142 valence electrons. The monoisotopic (exact) mass is 374 g/mol. The molecule has 0 unspecified atom stereocenters. The van der Waals surface area contributed by atoms with Crippen molar-refractivity contribution in [3.8, 4) is 11.3 Å². The van der Waals surface area contributed by atoms with Crippen LogP contribution in [0.3, 0.4) is 0 Å². The lowest BCUT2D eigenvalue weighted by molar-refractivity contribution is 0.313. The number of benzene rings is 1. The molecule has 0 amide bonds. The minimum absolute atomic E-state index is 0.0674. The SMILES string of the molecule is CN1CCN(c2ccc3nc(-c4ccc5c(cnn5C)c4)cc(=O)n3c2)CC1. The molecule has 0 aliphatic carbocycles. The fourth-order valence-corrected chi connectivity index (χ4v) is 3.81. The van der Waals surface area contributed by atoms with Crippen LogP contribution in [0.25, 0.3) is 27.8 Å². The van der Waals surface area contributed by atoms with E-state index in [1.165, 1.54) is 0 Å². The van der Waals surface area contributed by atoms with E-state index in [1.807, 2.05) is 48.4 Å². The van der Waals surface area contributed by atoms with Gasteiger partial charge >= 0.3 is 0 Å². The molecule has 0 bridgehead atoms. The molecule has 4 heterocycles. The van der Waals surface area contributed by atoms with Gasteiger partial charge in [0.05, 0.1) is 23.1 Å². The van der Waals surface area contributed by atoms with Crippen molar-refractivity contribution in [1.29, 1.82) is 0 Å². The predicted molar refractivity (Wildman–Crippen MR) is 111 cm³/mol. The maximum atomic E-state index is 12.8. The lowest BCUT2D eigenvalue weighted by Gasteiger charge is -2.34. The fraction of sp³-hybridized carbons (Fsp3) is 0.286. The first-order valence-corrected chi connectivity index (χ1v) is 9.47. The maximum absolute atomic E-state index is 12.8. The van der Waals surface area contributed by atoms with E-state index in [1.54, 1.807) is 10.5 Å². The average Bonchev–Trinajstić information content (AvgIpc) is 3.08. The van der Waals surface area contributed by atoms with Crippen LogP contribution in [0.1, 0.15) is 0 Å². The molecule has 3 aromatic heterocycles. The molecule has 1 aliphatic heterocycles. The highest BCUT2D eigenvalue weighted by molar-refractivity contribution is 5.84. The van der Waals surface area contributed by atoms with Crippen molar-refractivity contribution >= 4 is 22.2 Å². The summed E-state index contributed by atoms with van der Waals surface area (Å²) in [6.45, 7) is 3.99. The molecule has 4 aromatic rings. The van der Waals surface area contributed by atoms with Crippen LogP contribution in [-0.4, -0.2) is 57.3 Å². The van der Waals surface area contributed by atoms with E-state index in [0.717, 1.165) is 48.3 Å². The number of fused-ring (bicyclic) bond motifs is 2. The number of likely N-dealkylation sites (N-methyl/N-ethyl adjacent to an activating group) is 1. The number of hydrogen-bond donors (Lipinski definition) is 0. The molecule has 5 rings (SSSR count). The van der Waals surface area contributed by atoms with Gasteiger partial charge in [-0.2, -0.15) is 5.10 Å². The van der Waals surface area contributed by atoms with E-state index in [0.29, 0.717) is 11.3 Å². The summed E-state index contributed by atoms with van der Waals surface area (Å²) >= 11 is 0. The molecule has 0 atom stereocenters. The molecule has 1 aromatic carbocycles. The van der Waals surface area contributed by atoms with Gasteiger partial charge in [-0.3, -0.25) is 13.9 Å². The minimum Gasteiger partial charge on any atom is -0.368 e. The average molecular weight is 374 g/mol. The largest absolute Gasteiger partial charge is 0.368 e. The number of aryl methyl sites for hydroxylation is 1. The van der Waals surface area contributed by atoms with Gasteiger partial charge < -0.3 is 9.80 Å². The molecule has 1 saturated heterocycles. The Morgan fingerprint density at radius 2 is 1.79 bits per heavy atom. The van der Waals surface area contributed by atoms with Crippen LogP contribution in [0, 0.1) is 0 Å². The van der Waals surface area contributed by atoms with E-state index in [-0.39, 0.29) is 5.56 Å². The summed E-state index contributed by atoms with van der Waals surface area (Å²) in [6.07, 6.45) is 3.74. The quantitative estimate of drug-likeness (QED) is 0.537. The standard InChI is InChI=1S/C21H22N6O/c1-24-7-9-26(10-8-24)17-4-6-20-23-18(12-21(28)27(20)14-17)15-3-5-19-16(11-15)13-22-25(19)2/h3-6,11-14H,7-10H2,1-2H3. The lowest BCUT2D eigenvalue weighted by atomic mass is 10.1. The summed E-state index contributed by atoms with van der Waals surface area (Å²) in [7, 11) is 4.05. The van der Waals surface area contributed by atoms with E-state index in [9.17, 15) is 4.79 Å². The Kier molecular flexibility index (Phi) is 3.91. The van der Waals surface area contributed by atoms with Crippen LogP contribution < -0.4 is 10.5 Å². The number of nitrogens with zero attached hydrogens (tertiary/aromatic N) is 6. The Morgan fingerprint density at radius 3 is 2.61 bits per heavy atom. The number of anilines is 1. The van der Waals surface area contributed by atoms with Crippen molar-refractivity contribution in [3.05, 3.63) is 59.1 Å². The van der Waals surface area contributed by atoms with Gasteiger partial charge in [0.25, 0.3) is 5.56 Å². The van der Waals surface area contributed by atoms with Gasteiger partial charge in [0, 0.05) is 56.4 Å². The van der Waals surface area contributed by atoms with Crippen LogP contribution in [0.2, 0.25) is 0 Å². The number of pyridine rings is 1. The van der Waals surface area contributed by atoms with E-state index in [2.05, 4.69) is 28.0 Å². The maximum Gasteiger partial charge on any atom is 0.258 e. The fourth-order valence-electron chi connectivity index (χ4n) is 3.81. The summed E-state index contributed by atoms with van der Waals surface area (Å²) in [4.78, 5) is 22.2. The van der Waals surface area contributed by atoms with Crippen molar-refractivity contribution in [1.82, 2.24) is 24.1 Å². The highest BCUT2D eigenvalue weighted by Crippen LogP contribution is 2.23. The van der Waals surface area contributed by atoms with Crippen molar-refractivity contribution in [2.24, 2.45) is 7.05 Å². The molecule has 0 saturated carbocycles. The van der Waals surface area contributed by atoms with Gasteiger partial charge in [-0.15, -0.1) is 0 Å². The zero-order chi connectivity index (χ0) is 19.3. The third kappa shape index (κ3) is 2.84. The summed E-state index contributed by atoms with van der Waals surface area (Å²) in [6, 6.07) is 11.6. The molecule has 28 heavy (non-hydrogen) atoms. The molecule has 7 nitrogen and oxygen atoms in total. The highest BCUT2D eigenvalue weighted by Gasteiger charge is 2.15. The topological polar surface area (TPSA) is 58.7 Å². The molecule has 0 spiro atoms. The van der Waals surface area contributed by atoms with Crippen LogP contribution in [0.5, 0.6) is 0 Å². The van der Waals surface area contributed by atoms with Crippen LogP contribution in [0.15, 0.2) is 53.6 Å². The summed E-state index contributed by atoms with van der Waals surface area (Å²) in [5, 5.41) is 5.31. The lowest BCUT2D eigenvalue weighted by Crippen LogP contribution is -2.44. The second kappa shape index (κ2) is 6.45. The van der Waals surface area contributed by atoms with Crippen molar-refractivity contribution < 1.29 is 0 Å². The van der Waals surface area contributed by atoms with Gasteiger partial charge in [-0.1, -0.05) is 6.07 Å². The predicted octanol–water partition coefficient (Wildman–Crippen LogP) is 2.00. The van der Waals surface area contributed by atoms with Gasteiger partial charge in [-0.25, -0.2) is 4.98 Å². The third-order valence-corrected chi connectivity index (χ3v) is 5.55. The van der Waals surface area contributed by atoms with Crippen LogP contribution in [-0.2, 0) is 7.05 Å². The summed E-state index contributed by atoms with van der Waals surface area (Å²) in [5.74, 6) is 0. The Balaban J connectivity index is 1.54. The van der Waals surface area contributed by atoms with Crippen LogP contribution >= 0.6 is 0 Å². The molecule has 1 aliphatic rings. The molecule has 0 radical (unpaired) electrons. The van der Waals surface area contributed by atoms with Crippen molar-refractivity contribution in [2.75, 3.05) is 38.1 Å². The Bertz CT molecular complexity index is 1230. The van der Waals surface area contributed by atoms with Crippen LogP contribution in [0.4, 0.5) is 5.69 Å². The van der Waals surface area contributed by atoms with Gasteiger partial charge in [0.2, 0.25) is 0 Å². The zero-order valence-corrected chi connectivity index (χ0v) is 16.0. The first-order chi connectivity index (χ1) is 13.6. The Hall–Kier alpha value is -3.19. The van der Waals surface area contributed by atoms with Gasteiger partial charge in [0.1, 0.15) is 5.65 Å². The first kappa shape index (κ1) is 16.9. The van der Waals surface area contributed by atoms with E-state index < -0.39 is 0 Å². The van der Waals surface area contributed by atoms with E-state index >= 15 is 0 Å². The molecular formula is C21H22N6O. The van der Waals surface area contributed by atoms with E-state index in [4.69, 9.17) is 4.98 Å². The number of aromatic nitrogens is 4. The number of rotatable bonds is 2. The summed E-state index contributed by atoms with van der Waals surface area (Å²) in [5.41, 5.74) is 4.31. The second-order valence-electron chi connectivity index (χ2n) is 7.43. The third-order valence-electron chi connectivity index (χ3n) is 5.55. The van der Waals surface area contributed by atoms with Crippen molar-refractivity contribution in [2.45, 2.75) is 0 Å². The Labute approximate surface area is 162 Å². The smallest absolute Gasteiger partial charge is 0.258 e. The molecule has 1 fully saturated rings.